The van der Waals surface area contributed by atoms with Gasteiger partial charge in [0.1, 0.15) is 12.0 Å². The molecule has 4 nitrogen and oxygen atoms in total. The smallest absolute Gasteiger partial charge is 0.258 e. The van der Waals surface area contributed by atoms with E-state index in [4.69, 9.17) is 4.74 Å². The quantitative estimate of drug-likeness (QED) is 0.757. The summed E-state index contributed by atoms with van der Waals surface area (Å²) < 4.78 is 5.24. The minimum atomic E-state index is -0.478. The van der Waals surface area contributed by atoms with Gasteiger partial charge in [0.15, 0.2) is 6.61 Å². The summed E-state index contributed by atoms with van der Waals surface area (Å²) in [5.74, 6) is 0.333. The van der Waals surface area contributed by atoms with Crippen LogP contribution >= 0.6 is 0 Å². The number of amides is 1. The highest BCUT2D eigenvalue weighted by Gasteiger charge is 2.06. The molecule has 1 aromatic carbocycles. The van der Waals surface area contributed by atoms with Gasteiger partial charge in [-0.05, 0) is 26.0 Å². The van der Waals surface area contributed by atoms with E-state index in [1.54, 1.807) is 19.1 Å². The van der Waals surface area contributed by atoms with Crippen molar-refractivity contribution in [1.82, 2.24) is 5.32 Å². The fourth-order valence-corrected chi connectivity index (χ4v) is 1.11. The molecule has 4 heteroatoms. The van der Waals surface area contributed by atoms with Crippen molar-refractivity contribution >= 4 is 12.2 Å². The Morgan fingerprint density at radius 1 is 1.44 bits per heavy atom. The van der Waals surface area contributed by atoms with Gasteiger partial charge in [0.2, 0.25) is 0 Å². The standard InChI is InChI=1S/C12H15NO3/c1-9-3-5-11(6-4-9)16-8-12(15)13-10(2)7-14/h3-7,10H,8H2,1-2H3,(H,13,15)/t10-/m0/s1. The van der Waals surface area contributed by atoms with Crippen LogP contribution in [0.25, 0.3) is 0 Å². The Morgan fingerprint density at radius 3 is 2.62 bits per heavy atom. The van der Waals surface area contributed by atoms with Crippen LogP contribution < -0.4 is 10.1 Å². The second-order valence-electron chi connectivity index (χ2n) is 3.59. The number of aryl methyl sites for hydroxylation is 1. The van der Waals surface area contributed by atoms with Gasteiger partial charge >= 0.3 is 0 Å². The number of benzene rings is 1. The van der Waals surface area contributed by atoms with Crippen LogP contribution in [0, 0.1) is 6.92 Å². The van der Waals surface area contributed by atoms with E-state index in [0.29, 0.717) is 12.0 Å². The highest BCUT2D eigenvalue weighted by molar-refractivity contribution is 5.80. The van der Waals surface area contributed by atoms with Crippen molar-refractivity contribution in [3.05, 3.63) is 29.8 Å². The predicted octanol–water partition coefficient (Wildman–Crippen LogP) is 1.08. The van der Waals surface area contributed by atoms with Gasteiger partial charge in [-0.25, -0.2) is 0 Å². The van der Waals surface area contributed by atoms with E-state index in [2.05, 4.69) is 5.32 Å². The highest BCUT2D eigenvalue weighted by atomic mass is 16.5. The Morgan fingerprint density at radius 2 is 2.06 bits per heavy atom. The van der Waals surface area contributed by atoms with Crippen molar-refractivity contribution in [1.29, 1.82) is 0 Å². The van der Waals surface area contributed by atoms with Crippen molar-refractivity contribution in [2.75, 3.05) is 6.61 Å². The average molecular weight is 221 g/mol. The second kappa shape index (κ2) is 5.90. The van der Waals surface area contributed by atoms with Crippen molar-refractivity contribution in [2.24, 2.45) is 0 Å². The Balaban J connectivity index is 2.37. The Bertz CT molecular complexity index is 359. The molecule has 1 rings (SSSR count). The van der Waals surface area contributed by atoms with Gasteiger partial charge < -0.3 is 14.8 Å². The molecular weight excluding hydrogens is 206 g/mol. The maximum absolute atomic E-state index is 11.3. The van der Waals surface area contributed by atoms with Crippen LogP contribution in [-0.4, -0.2) is 24.8 Å². The molecule has 0 fully saturated rings. The monoisotopic (exact) mass is 221 g/mol. The second-order valence-corrected chi connectivity index (χ2v) is 3.59. The molecule has 0 aromatic heterocycles. The fraction of sp³-hybridized carbons (Fsp3) is 0.333. The minimum Gasteiger partial charge on any atom is -0.484 e. The molecule has 0 saturated heterocycles. The zero-order chi connectivity index (χ0) is 12.0. The fourth-order valence-electron chi connectivity index (χ4n) is 1.11. The topological polar surface area (TPSA) is 55.4 Å². The molecule has 86 valence electrons. The van der Waals surface area contributed by atoms with Crippen LogP contribution in [0.3, 0.4) is 0 Å². The molecule has 0 heterocycles. The third kappa shape index (κ3) is 4.13. The molecule has 0 unspecified atom stereocenters. The summed E-state index contributed by atoms with van der Waals surface area (Å²) in [5.41, 5.74) is 1.13. The SMILES string of the molecule is Cc1ccc(OCC(=O)N[C@@H](C)C=O)cc1. The Hall–Kier alpha value is -1.84. The van der Waals surface area contributed by atoms with Crippen LogP contribution in [0.1, 0.15) is 12.5 Å². The highest BCUT2D eigenvalue weighted by Crippen LogP contribution is 2.10. The van der Waals surface area contributed by atoms with E-state index in [1.165, 1.54) is 0 Å². The lowest BCUT2D eigenvalue weighted by molar-refractivity contribution is -0.125. The van der Waals surface area contributed by atoms with Crippen LogP contribution in [0.5, 0.6) is 5.75 Å². The molecule has 0 aliphatic carbocycles. The van der Waals surface area contributed by atoms with E-state index < -0.39 is 6.04 Å². The number of nitrogens with one attached hydrogen (secondary N) is 1. The zero-order valence-corrected chi connectivity index (χ0v) is 9.40. The molecule has 0 bridgehead atoms. The molecule has 1 aromatic rings. The molecule has 0 aliphatic rings. The van der Waals surface area contributed by atoms with E-state index >= 15 is 0 Å². The summed E-state index contributed by atoms with van der Waals surface area (Å²) in [7, 11) is 0. The Labute approximate surface area is 94.6 Å². The molecule has 16 heavy (non-hydrogen) atoms. The Kier molecular flexibility index (Phi) is 4.51. The summed E-state index contributed by atoms with van der Waals surface area (Å²) in [4.78, 5) is 21.6. The van der Waals surface area contributed by atoms with E-state index in [9.17, 15) is 9.59 Å². The molecule has 1 amide bonds. The minimum absolute atomic E-state index is 0.0821. The van der Waals surface area contributed by atoms with Gasteiger partial charge in [0.05, 0.1) is 6.04 Å². The molecule has 0 radical (unpaired) electrons. The summed E-state index contributed by atoms with van der Waals surface area (Å²) in [6.07, 6.45) is 0.670. The van der Waals surface area contributed by atoms with Gasteiger partial charge in [-0.2, -0.15) is 0 Å². The summed E-state index contributed by atoms with van der Waals surface area (Å²) in [5, 5.41) is 2.48. The lowest BCUT2D eigenvalue weighted by Crippen LogP contribution is -2.36. The van der Waals surface area contributed by atoms with Crippen LogP contribution in [0.4, 0.5) is 0 Å². The number of ether oxygens (including phenoxy) is 1. The number of carbonyl (C=O) groups is 2. The van der Waals surface area contributed by atoms with Crippen molar-refractivity contribution in [3.63, 3.8) is 0 Å². The normalized spacial score (nSPS) is 11.6. The molecular formula is C12H15NO3. The van der Waals surface area contributed by atoms with Crippen molar-refractivity contribution < 1.29 is 14.3 Å². The number of rotatable bonds is 5. The molecule has 0 aliphatic heterocycles. The summed E-state index contributed by atoms with van der Waals surface area (Å²) >= 11 is 0. The van der Waals surface area contributed by atoms with E-state index in [1.807, 2.05) is 19.1 Å². The molecule has 1 N–H and O–H groups in total. The predicted molar refractivity (Wildman–Crippen MR) is 60.3 cm³/mol. The first-order chi connectivity index (χ1) is 7.61. The zero-order valence-electron chi connectivity index (χ0n) is 9.40. The molecule has 0 spiro atoms. The van der Waals surface area contributed by atoms with E-state index in [-0.39, 0.29) is 12.5 Å². The number of aldehydes is 1. The van der Waals surface area contributed by atoms with Gasteiger partial charge in [-0.3, -0.25) is 4.79 Å². The lowest BCUT2D eigenvalue weighted by atomic mass is 10.2. The van der Waals surface area contributed by atoms with Crippen LogP contribution in [0.2, 0.25) is 0 Å². The van der Waals surface area contributed by atoms with Gasteiger partial charge in [0, 0.05) is 0 Å². The van der Waals surface area contributed by atoms with Gasteiger partial charge in [-0.15, -0.1) is 0 Å². The first kappa shape index (κ1) is 12.2. The summed E-state index contributed by atoms with van der Waals surface area (Å²) in [6, 6.07) is 6.93. The maximum atomic E-state index is 11.3. The van der Waals surface area contributed by atoms with Crippen molar-refractivity contribution in [2.45, 2.75) is 19.9 Å². The number of carbonyl (C=O) groups excluding carboxylic acids is 2. The average Bonchev–Trinajstić information content (AvgIpc) is 2.28. The van der Waals surface area contributed by atoms with Crippen LogP contribution in [-0.2, 0) is 9.59 Å². The number of hydrogen-bond donors (Lipinski definition) is 1. The van der Waals surface area contributed by atoms with Gasteiger partial charge in [-0.1, -0.05) is 17.7 Å². The first-order valence-corrected chi connectivity index (χ1v) is 5.06. The lowest BCUT2D eigenvalue weighted by Gasteiger charge is -2.09. The largest absolute Gasteiger partial charge is 0.484 e. The third-order valence-corrected chi connectivity index (χ3v) is 1.98. The first-order valence-electron chi connectivity index (χ1n) is 5.06. The summed E-state index contributed by atoms with van der Waals surface area (Å²) in [6.45, 7) is 3.50. The van der Waals surface area contributed by atoms with E-state index in [0.717, 1.165) is 5.56 Å². The number of hydrogen-bond acceptors (Lipinski definition) is 3. The van der Waals surface area contributed by atoms with Crippen LogP contribution in [0.15, 0.2) is 24.3 Å². The molecule has 1 atom stereocenters. The van der Waals surface area contributed by atoms with Crippen molar-refractivity contribution in [3.8, 4) is 5.75 Å². The third-order valence-electron chi connectivity index (χ3n) is 1.98. The van der Waals surface area contributed by atoms with Gasteiger partial charge in [0.25, 0.3) is 5.91 Å². The maximum Gasteiger partial charge on any atom is 0.258 e. The molecule has 0 saturated carbocycles.